The molecule has 2 fully saturated rings. The molecule has 0 unspecified atom stereocenters. The molecule has 0 N–H and O–H groups in total. The zero-order valence-corrected chi connectivity index (χ0v) is 6.66. The Morgan fingerprint density at radius 2 is 2.30 bits per heavy atom. The van der Waals surface area contributed by atoms with E-state index in [1.807, 2.05) is 0 Å². The molecule has 2 heteroatoms. The highest BCUT2D eigenvalue weighted by Gasteiger charge is 2.59. The van der Waals surface area contributed by atoms with Gasteiger partial charge in [0.05, 0.1) is 0 Å². The summed E-state index contributed by atoms with van der Waals surface area (Å²) in [5, 5.41) is -0.0720. The molecule has 2 rings (SSSR count). The van der Waals surface area contributed by atoms with E-state index in [0.717, 1.165) is 12.8 Å². The van der Waals surface area contributed by atoms with Gasteiger partial charge >= 0.3 is 0 Å². The van der Waals surface area contributed by atoms with Crippen LogP contribution in [-0.4, -0.2) is 5.24 Å². The molecule has 0 saturated heterocycles. The largest absolute Gasteiger partial charge is 0.281 e. The van der Waals surface area contributed by atoms with Gasteiger partial charge in [0.15, 0.2) is 0 Å². The summed E-state index contributed by atoms with van der Waals surface area (Å²) in [4.78, 5) is 10.9. The molecule has 2 saturated carbocycles. The Bertz CT molecular complexity index is 178. The Kier molecular flexibility index (Phi) is 1.31. The second-order valence-corrected chi connectivity index (χ2v) is 3.92. The van der Waals surface area contributed by atoms with Crippen LogP contribution in [0.15, 0.2) is 0 Å². The summed E-state index contributed by atoms with van der Waals surface area (Å²) >= 11 is 5.50. The van der Waals surface area contributed by atoms with Crippen molar-refractivity contribution in [2.45, 2.75) is 32.1 Å². The van der Waals surface area contributed by atoms with Crippen LogP contribution in [0.3, 0.4) is 0 Å². The van der Waals surface area contributed by atoms with Crippen molar-refractivity contribution < 1.29 is 4.79 Å². The zero-order valence-electron chi connectivity index (χ0n) is 5.90. The summed E-state index contributed by atoms with van der Waals surface area (Å²) in [7, 11) is 0. The lowest BCUT2D eigenvalue weighted by molar-refractivity contribution is -0.117. The van der Waals surface area contributed by atoms with Gasteiger partial charge in [-0.1, -0.05) is 12.8 Å². The van der Waals surface area contributed by atoms with Crippen molar-refractivity contribution in [1.29, 1.82) is 0 Å². The lowest BCUT2D eigenvalue weighted by Crippen LogP contribution is -2.15. The number of hydrogen-bond acceptors (Lipinski definition) is 1. The van der Waals surface area contributed by atoms with Crippen molar-refractivity contribution in [1.82, 2.24) is 0 Å². The summed E-state index contributed by atoms with van der Waals surface area (Å²) in [5.41, 5.74) is -0.0280. The first-order valence-corrected chi connectivity index (χ1v) is 4.33. The topological polar surface area (TPSA) is 17.1 Å². The fourth-order valence-corrected chi connectivity index (χ4v) is 2.56. The minimum absolute atomic E-state index is 0.0280. The number of hydrogen-bond donors (Lipinski definition) is 0. The molecule has 0 radical (unpaired) electrons. The normalized spacial score (nSPS) is 44.3. The monoisotopic (exact) mass is 158 g/mol. The van der Waals surface area contributed by atoms with E-state index in [4.69, 9.17) is 11.6 Å². The lowest BCUT2D eigenvalue weighted by atomic mass is 9.90. The average molecular weight is 159 g/mol. The average Bonchev–Trinajstić information content (AvgIpc) is 2.61. The third-order valence-corrected chi connectivity index (χ3v) is 3.43. The number of fused-ring (bicyclic) bond motifs is 1. The minimum atomic E-state index is -0.0720. The molecule has 0 aromatic rings. The molecule has 2 aliphatic rings. The van der Waals surface area contributed by atoms with Crippen LogP contribution in [0, 0.1) is 11.3 Å². The van der Waals surface area contributed by atoms with E-state index >= 15 is 0 Å². The molecule has 10 heavy (non-hydrogen) atoms. The van der Waals surface area contributed by atoms with Crippen molar-refractivity contribution in [2.75, 3.05) is 0 Å². The minimum Gasteiger partial charge on any atom is -0.281 e. The van der Waals surface area contributed by atoms with Crippen LogP contribution in [0.5, 0.6) is 0 Å². The van der Waals surface area contributed by atoms with Crippen molar-refractivity contribution in [2.24, 2.45) is 11.3 Å². The van der Waals surface area contributed by atoms with Crippen molar-refractivity contribution in [3.8, 4) is 0 Å². The van der Waals surface area contributed by atoms with Gasteiger partial charge in [-0.25, -0.2) is 0 Å². The molecule has 2 atom stereocenters. The number of carbonyl (C=O) groups excluding carboxylic acids is 1. The van der Waals surface area contributed by atoms with Crippen molar-refractivity contribution in [3.63, 3.8) is 0 Å². The molecule has 0 heterocycles. The van der Waals surface area contributed by atoms with Gasteiger partial charge in [0, 0.05) is 5.41 Å². The number of carbonyl (C=O) groups is 1. The Morgan fingerprint density at radius 1 is 1.50 bits per heavy atom. The maximum Gasteiger partial charge on any atom is 0.228 e. The van der Waals surface area contributed by atoms with Gasteiger partial charge in [-0.3, -0.25) is 4.79 Å². The zero-order chi connectivity index (χ0) is 7.19. The quantitative estimate of drug-likeness (QED) is 0.536. The van der Waals surface area contributed by atoms with E-state index in [0.29, 0.717) is 5.92 Å². The van der Waals surface area contributed by atoms with E-state index in [9.17, 15) is 4.79 Å². The molecule has 0 aliphatic heterocycles. The van der Waals surface area contributed by atoms with Gasteiger partial charge < -0.3 is 0 Å². The lowest BCUT2D eigenvalue weighted by Gasteiger charge is -2.16. The van der Waals surface area contributed by atoms with E-state index in [1.165, 1.54) is 19.3 Å². The molecule has 0 bridgehead atoms. The van der Waals surface area contributed by atoms with Crippen LogP contribution >= 0.6 is 11.6 Å². The van der Waals surface area contributed by atoms with Crippen molar-refractivity contribution >= 4 is 16.8 Å². The van der Waals surface area contributed by atoms with E-state index in [2.05, 4.69) is 0 Å². The summed E-state index contributed by atoms with van der Waals surface area (Å²) < 4.78 is 0. The van der Waals surface area contributed by atoms with E-state index < -0.39 is 0 Å². The highest BCUT2D eigenvalue weighted by Crippen LogP contribution is 2.62. The molecule has 1 nitrogen and oxygen atoms in total. The van der Waals surface area contributed by atoms with E-state index in [1.54, 1.807) is 0 Å². The van der Waals surface area contributed by atoms with E-state index in [-0.39, 0.29) is 10.7 Å². The van der Waals surface area contributed by atoms with Gasteiger partial charge in [-0.05, 0) is 36.8 Å². The maximum atomic E-state index is 10.9. The summed E-state index contributed by atoms with van der Waals surface area (Å²) in [6.45, 7) is 0. The third-order valence-electron chi connectivity index (χ3n) is 3.05. The number of halogens is 1. The third kappa shape index (κ3) is 0.731. The maximum absolute atomic E-state index is 10.9. The van der Waals surface area contributed by atoms with Gasteiger partial charge in [0.25, 0.3) is 0 Å². The van der Waals surface area contributed by atoms with Crippen LogP contribution in [0.4, 0.5) is 0 Å². The van der Waals surface area contributed by atoms with Crippen LogP contribution in [0.25, 0.3) is 0 Å². The highest BCUT2D eigenvalue weighted by atomic mass is 35.5. The van der Waals surface area contributed by atoms with Crippen LogP contribution < -0.4 is 0 Å². The van der Waals surface area contributed by atoms with Gasteiger partial charge in [-0.15, -0.1) is 0 Å². The second kappa shape index (κ2) is 1.97. The molecular formula is C8H11ClO. The first-order chi connectivity index (χ1) is 4.76. The molecule has 2 aliphatic carbocycles. The molecular weight excluding hydrogens is 148 g/mol. The first kappa shape index (κ1) is 6.66. The highest BCUT2D eigenvalue weighted by molar-refractivity contribution is 6.65. The van der Waals surface area contributed by atoms with Crippen LogP contribution in [-0.2, 0) is 4.79 Å². The predicted molar refractivity (Wildman–Crippen MR) is 39.9 cm³/mol. The second-order valence-electron chi connectivity index (χ2n) is 3.58. The summed E-state index contributed by atoms with van der Waals surface area (Å²) in [5.74, 6) is 0.659. The molecule has 0 spiro atoms. The molecule has 0 amide bonds. The summed E-state index contributed by atoms with van der Waals surface area (Å²) in [6.07, 6.45) is 5.87. The summed E-state index contributed by atoms with van der Waals surface area (Å²) in [6, 6.07) is 0. The van der Waals surface area contributed by atoms with Gasteiger partial charge in [-0.2, -0.15) is 0 Å². The van der Waals surface area contributed by atoms with Gasteiger partial charge in [0.2, 0.25) is 5.24 Å². The van der Waals surface area contributed by atoms with Gasteiger partial charge in [0.1, 0.15) is 0 Å². The fourth-order valence-electron chi connectivity index (χ4n) is 2.24. The van der Waals surface area contributed by atoms with Crippen molar-refractivity contribution in [3.05, 3.63) is 0 Å². The first-order valence-electron chi connectivity index (χ1n) is 3.96. The predicted octanol–water partition coefficient (Wildman–Crippen LogP) is 2.33. The Labute approximate surface area is 65.7 Å². The van der Waals surface area contributed by atoms with Crippen LogP contribution in [0.2, 0.25) is 0 Å². The Morgan fingerprint density at radius 3 is 2.80 bits per heavy atom. The fraction of sp³-hybridized carbons (Fsp3) is 0.875. The SMILES string of the molecule is O=C(Cl)[C@@]12CCCC[C@H]1C2. The molecule has 56 valence electrons. The molecule has 0 aromatic carbocycles. The Hall–Kier alpha value is -0.0400. The Balaban J connectivity index is 2.12. The standard InChI is InChI=1S/C8H11ClO/c9-7(10)8-4-2-1-3-6(8)5-8/h6H,1-5H2/t6-,8+/m0/s1. The molecule has 0 aromatic heterocycles. The number of rotatable bonds is 1. The van der Waals surface area contributed by atoms with Crippen LogP contribution in [0.1, 0.15) is 32.1 Å². The smallest absolute Gasteiger partial charge is 0.228 e.